The number of thiophene rings is 1. The molecule has 7 heterocycles. The van der Waals surface area contributed by atoms with Crippen LogP contribution in [0.15, 0.2) is 18.2 Å². The number of amides is 1. The van der Waals surface area contributed by atoms with Crippen LogP contribution in [0.2, 0.25) is 5.02 Å². The van der Waals surface area contributed by atoms with Gasteiger partial charge in [0.2, 0.25) is 5.91 Å². The first-order chi connectivity index (χ1) is 26.1. The molecule has 4 aromatic rings. The Kier molecular flexibility index (Phi) is 8.02. The molecule has 282 valence electrons. The number of benzene rings is 2. The largest absolute Gasteiger partial charge is 0.461 e. The first kappa shape index (κ1) is 34.5. The smallest absolute Gasteiger partial charge is 0.319 e. The van der Waals surface area contributed by atoms with Crippen LogP contribution in [0, 0.1) is 34.3 Å². The second-order valence-electron chi connectivity index (χ2n) is 16.1. The van der Waals surface area contributed by atoms with Gasteiger partial charge in [0.05, 0.1) is 34.0 Å². The Morgan fingerprint density at radius 3 is 2.85 bits per heavy atom. The zero-order chi connectivity index (χ0) is 37.1. The topological polar surface area (TPSA) is 143 Å². The lowest BCUT2D eigenvalue weighted by molar-refractivity contribution is -0.145. The molecule has 6 aliphatic rings. The Balaban J connectivity index is 1.05. The van der Waals surface area contributed by atoms with Crippen LogP contribution < -0.4 is 20.7 Å². The van der Waals surface area contributed by atoms with Crippen LogP contribution in [0.4, 0.5) is 24.0 Å². The quantitative estimate of drug-likeness (QED) is 0.239. The fourth-order valence-corrected chi connectivity index (χ4v) is 10.8. The lowest BCUT2D eigenvalue weighted by Gasteiger charge is -2.50. The lowest BCUT2D eigenvalue weighted by Crippen LogP contribution is -2.64. The Hall–Kier alpha value is -3.94. The molecule has 16 heteroatoms. The Bertz CT molecular complexity index is 2280. The van der Waals surface area contributed by atoms with Gasteiger partial charge in [0.15, 0.2) is 5.82 Å². The lowest BCUT2D eigenvalue weighted by atomic mass is 9.79. The number of halogens is 4. The van der Waals surface area contributed by atoms with Crippen molar-refractivity contribution in [1.29, 1.82) is 5.26 Å². The van der Waals surface area contributed by atoms with E-state index in [2.05, 4.69) is 15.2 Å². The van der Waals surface area contributed by atoms with Crippen molar-refractivity contribution in [2.24, 2.45) is 11.3 Å². The maximum Gasteiger partial charge on any atom is 0.319 e. The molecule has 1 amide bonds. The van der Waals surface area contributed by atoms with Gasteiger partial charge in [-0.05, 0) is 55.8 Å². The Labute approximate surface area is 318 Å². The third kappa shape index (κ3) is 5.50. The summed E-state index contributed by atoms with van der Waals surface area (Å²) in [5.41, 5.74) is 5.37. The number of nitrogens with zero attached hydrogens (tertiary/aromatic N) is 6. The van der Waals surface area contributed by atoms with E-state index < -0.39 is 23.3 Å². The number of nitrogen functional groups attached to an aromatic ring is 1. The van der Waals surface area contributed by atoms with Crippen molar-refractivity contribution in [3.63, 3.8) is 0 Å². The second kappa shape index (κ2) is 12.5. The molecule has 54 heavy (non-hydrogen) atoms. The Morgan fingerprint density at radius 2 is 2.06 bits per heavy atom. The zero-order valence-corrected chi connectivity index (χ0v) is 30.9. The van der Waals surface area contributed by atoms with Crippen molar-refractivity contribution < 1.29 is 27.4 Å². The number of carbonyl (C=O) groups is 1. The van der Waals surface area contributed by atoms with Gasteiger partial charge in [-0.1, -0.05) is 17.7 Å². The molecule has 1 unspecified atom stereocenters. The SMILES string of the molecule is N#Cc1c(N)sc2c(F)ccc(-c3c(Cl)cc4c(N5CCOCC6(CN(C(=O)[C@@H]7N[C@H]7C7CC7)C6)C5)nc(OCC56CCCN5C[C@H](F)C6)nc4c3F)c12. The predicted molar refractivity (Wildman–Crippen MR) is 198 cm³/mol. The molecule has 0 radical (unpaired) electrons. The minimum Gasteiger partial charge on any atom is -0.461 e. The molecular formula is C38H38ClF3N8O3S. The molecule has 10 rings (SSSR count). The average Bonchev–Trinajstić information content (AvgIpc) is 4.04. The fourth-order valence-electron chi connectivity index (χ4n) is 9.59. The van der Waals surface area contributed by atoms with Crippen LogP contribution in [-0.2, 0) is 9.53 Å². The van der Waals surface area contributed by atoms with Gasteiger partial charge in [-0.2, -0.15) is 15.2 Å². The number of aromatic nitrogens is 2. The summed E-state index contributed by atoms with van der Waals surface area (Å²) in [5, 5.41) is 14.0. The first-order valence-electron chi connectivity index (χ1n) is 18.6. The van der Waals surface area contributed by atoms with E-state index in [0.717, 1.165) is 30.7 Å². The molecule has 4 atom stereocenters. The highest BCUT2D eigenvalue weighted by Crippen LogP contribution is 2.47. The number of fused-ring (bicyclic) bond motifs is 3. The summed E-state index contributed by atoms with van der Waals surface area (Å²) in [6, 6.07) is 6.35. The number of ether oxygens (including phenoxy) is 2. The highest BCUT2D eigenvalue weighted by Gasteiger charge is 2.56. The van der Waals surface area contributed by atoms with Crippen LogP contribution in [0.3, 0.4) is 0 Å². The van der Waals surface area contributed by atoms with E-state index in [1.807, 2.05) is 15.9 Å². The van der Waals surface area contributed by atoms with Gasteiger partial charge in [0.25, 0.3) is 0 Å². The minimum atomic E-state index is -0.960. The Morgan fingerprint density at radius 1 is 1.22 bits per heavy atom. The third-order valence-electron chi connectivity index (χ3n) is 12.4. The first-order valence-corrected chi connectivity index (χ1v) is 19.8. The molecule has 0 bridgehead atoms. The zero-order valence-electron chi connectivity index (χ0n) is 29.3. The maximum absolute atomic E-state index is 17.3. The third-order valence-corrected chi connectivity index (χ3v) is 13.7. The average molecular weight is 779 g/mol. The van der Waals surface area contributed by atoms with Gasteiger partial charge < -0.3 is 25.0 Å². The van der Waals surface area contributed by atoms with Crippen molar-refractivity contribution in [2.45, 2.75) is 55.9 Å². The number of anilines is 2. The summed E-state index contributed by atoms with van der Waals surface area (Å²) < 4.78 is 59.5. The molecule has 1 spiro atoms. The summed E-state index contributed by atoms with van der Waals surface area (Å²) >= 11 is 7.86. The molecule has 2 aromatic heterocycles. The number of carbonyl (C=O) groups excluding carboxylic acids is 1. The van der Waals surface area contributed by atoms with E-state index in [9.17, 15) is 14.4 Å². The van der Waals surface area contributed by atoms with Crippen LogP contribution in [0.1, 0.15) is 37.7 Å². The number of nitrogens with one attached hydrogen (secondary N) is 1. The fraction of sp³-hybridized carbons (Fsp3) is 0.526. The highest BCUT2D eigenvalue weighted by molar-refractivity contribution is 7.23. The van der Waals surface area contributed by atoms with E-state index in [0.29, 0.717) is 69.5 Å². The van der Waals surface area contributed by atoms with Gasteiger partial charge in [-0.15, -0.1) is 11.3 Å². The molecule has 5 saturated heterocycles. The maximum atomic E-state index is 17.3. The number of nitriles is 1. The number of likely N-dealkylation sites (tertiary alicyclic amines) is 1. The van der Waals surface area contributed by atoms with Gasteiger partial charge in [-0.25, -0.2) is 13.2 Å². The summed E-state index contributed by atoms with van der Waals surface area (Å²) in [7, 11) is 0. The number of rotatable bonds is 7. The number of hydrogen-bond donors (Lipinski definition) is 2. The van der Waals surface area contributed by atoms with Crippen LogP contribution >= 0.6 is 22.9 Å². The second-order valence-corrected chi connectivity index (χ2v) is 17.5. The van der Waals surface area contributed by atoms with Gasteiger partial charge in [0, 0.05) is 66.9 Å². The normalized spacial score (nSPS) is 27.6. The van der Waals surface area contributed by atoms with Crippen molar-refractivity contribution in [3.05, 3.63) is 40.4 Å². The van der Waals surface area contributed by atoms with E-state index in [-0.39, 0.29) is 78.3 Å². The molecule has 5 aliphatic heterocycles. The van der Waals surface area contributed by atoms with Crippen LogP contribution in [0.5, 0.6) is 6.01 Å². The van der Waals surface area contributed by atoms with E-state index in [1.54, 1.807) is 6.07 Å². The standard InChI is InChI=1S/C38H38ClF3N8O3S/c39-24-10-22-30(28(42)27(24)21-4-5-25(41)32-26(21)23(12-43)33(44)54-32)46-36(53-18-38-6-1-7-50(38)13-20(40)11-38)47-34(22)48-8-9-52-17-37(14-48)15-49(16-37)35(51)31-29(45-31)19-2-3-19/h4-5,10,19-20,29,31,45H,1-3,6-9,11,13-18,44H2/t20-,29+,31-,38?/m1/s1. The van der Waals surface area contributed by atoms with Gasteiger partial charge in [0.1, 0.15) is 47.0 Å². The summed E-state index contributed by atoms with van der Waals surface area (Å²) in [4.78, 5) is 28.9. The monoisotopic (exact) mass is 778 g/mol. The van der Waals surface area contributed by atoms with Crippen LogP contribution in [0.25, 0.3) is 32.1 Å². The highest BCUT2D eigenvalue weighted by atomic mass is 35.5. The summed E-state index contributed by atoms with van der Waals surface area (Å²) in [5.74, 6) is -0.247. The number of alkyl halides is 1. The predicted octanol–water partition coefficient (Wildman–Crippen LogP) is 5.27. The van der Waals surface area contributed by atoms with Crippen molar-refractivity contribution >= 4 is 60.7 Å². The van der Waals surface area contributed by atoms with E-state index >= 15 is 8.78 Å². The van der Waals surface area contributed by atoms with Crippen molar-refractivity contribution in [1.82, 2.24) is 25.1 Å². The molecule has 6 fully saturated rings. The summed E-state index contributed by atoms with van der Waals surface area (Å²) in [6.07, 6.45) is 3.42. The molecule has 2 aromatic carbocycles. The van der Waals surface area contributed by atoms with Crippen molar-refractivity contribution in [2.75, 3.05) is 69.7 Å². The van der Waals surface area contributed by atoms with E-state index in [4.69, 9.17) is 31.8 Å². The summed E-state index contributed by atoms with van der Waals surface area (Å²) in [6.45, 7) is 4.05. The molecule has 1 aliphatic carbocycles. The molecule has 1 saturated carbocycles. The number of nitrogens with two attached hydrogens (primary N) is 1. The number of hydrogen-bond acceptors (Lipinski definition) is 11. The van der Waals surface area contributed by atoms with E-state index in [1.165, 1.54) is 25.0 Å². The van der Waals surface area contributed by atoms with Crippen molar-refractivity contribution in [3.8, 4) is 23.2 Å². The van der Waals surface area contributed by atoms with Gasteiger partial charge >= 0.3 is 6.01 Å². The molecular weight excluding hydrogens is 741 g/mol. The van der Waals surface area contributed by atoms with Gasteiger partial charge in [-0.3, -0.25) is 15.0 Å². The molecule has 11 nitrogen and oxygen atoms in total. The van der Waals surface area contributed by atoms with Crippen LogP contribution in [-0.4, -0.2) is 109 Å². The molecule has 3 N–H and O–H groups in total. The minimum absolute atomic E-state index is 0.0175.